The molecular formula is C18H23F3N4O2S. The van der Waals surface area contributed by atoms with Crippen molar-refractivity contribution < 1.29 is 21.6 Å². The number of hydrogen-bond acceptors (Lipinski definition) is 4. The van der Waals surface area contributed by atoms with Crippen LogP contribution in [0, 0.1) is 0 Å². The fraction of sp³-hybridized carbons (Fsp3) is 0.500. The minimum atomic E-state index is -4.19. The van der Waals surface area contributed by atoms with Crippen LogP contribution >= 0.6 is 0 Å². The molecule has 154 valence electrons. The molecule has 2 unspecified atom stereocenters. The van der Waals surface area contributed by atoms with Gasteiger partial charge >= 0.3 is 6.18 Å². The van der Waals surface area contributed by atoms with Crippen LogP contribution in [0.5, 0.6) is 0 Å². The second kappa shape index (κ2) is 8.22. The number of nitrogens with one attached hydrogen (secondary N) is 1. The number of rotatable bonds is 7. The van der Waals surface area contributed by atoms with E-state index in [9.17, 15) is 21.6 Å². The van der Waals surface area contributed by atoms with E-state index in [2.05, 4.69) is 10.3 Å². The molecule has 2 atom stereocenters. The van der Waals surface area contributed by atoms with E-state index >= 15 is 0 Å². The molecule has 1 aromatic heterocycles. The second-order valence-corrected chi connectivity index (χ2v) is 8.88. The van der Waals surface area contributed by atoms with Gasteiger partial charge in [-0.2, -0.15) is 17.5 Å². The highest BCUT2D eigenvalue weighted by atomic mass is 32.2. The quantitative estimate of drug-likeness (QED) is 0.705. The molecule has 1 N–H and O–H groups in total. The highest BCUT2D eigenvalue weighted by Crippen LogP contribution is 2.31. The van der Waals surface area contributed by atoms with Crippen molar-refractivity contribution in [3.63, 3.8) is 0 Å². The number of hydrogen-bond donors (Lipinski definition) is 1. The molecule has 6 nitrogen and oxygen atoms in total. The lowest BCUT2D eigenvalue weighted by molar-refractivity contribution is -0.135. The Morgan fingerprint density at radius 3 is 2.54 bits per heavy atom. The van der Waals surface area contributed by atoms with Crippen LogP contribution in [0.2, 0.25) is 0 Å². The number of alkyl halides is 3. The van der Waals surface area contributed by atoms with Gasteiger partial charge in [-0.3, -0.25) is 0 Å². The highest BCUT2D eigenvalue weighted by Gasteiger charge is 2.40. The first-order chi connectivity index (χ1) is 13.2. The summed E-state index contributed by atoms with van der Waals surface area (Å²) in [5.74, 6) is -0.148. The first kappa shape index (κ1) is 20.8. The van der Waals surface area contributed by atoms with E-state index in [0.29, 0.717) is 0 Å². The van der Waals surface area contributed by atoms with Crippen molar-refractivity contribution >= 4 is 10.0 Å². The molecule has 0 spiro atoms. The molecule has 0 radical (unpaired) electrons. The van der Waals surface area contributed by atoms with Crippen LogP contribution in [-0.4, -0.2) is 54.1 Å². The van der Waals surface area contributed by atoms with E-state index in [1.165, 1.54) is 16.8 Å². The first-order valence-corrected chi connectivity index (χ1v) is 10.4. The topological polar surface area (TPSA) is 67.2 Å². The normalized spacial score (nSPS) is 21.3. The third-order valence-corrected chi connectivity index (χ3v) is 6.56. The lowest BCUT2D eigenvalue weighted by Crippen LogP contribution is -2.37. The lowest BCUT2D eigenvalue weighted by Gasteiger charge is -2.20. The molecular weight excluding hydrogens is 393 g/mol. The molecule has 0 amide bonds. The van der Waals surface area contributed by atoms with Crippen molar-refractivity contribution in [3.8, 4) is 0 Å². The van der Waals surface area contributed by atoms with Crippen molar-refractivity contribution in [1.82, 2.24) is 19.2 Å². The molecule has 2 heterocycles. The minimum Gasteiger partial charge on any atom is -0.339 e. The molecule has 28 heavy (non-hydrogen) atoms. The van der Waals surface area contributed by atoms with Crippen molar-refractivity contribution in [2.75, 3.05) is 19.6 Å². The van der Waals surface area contributed by atoms with Gasteiger partial charge in [-0.25, -0.2) is 13.4 Å². The van der Waals surface area contributed by atoms with E-state index in [1.807, 2.05) is 30.3 Å². The number of aryl methyl sites for hydroxylation is 1. The van der Waals surface area contributed by atoms with Gasteiger partial charge in [0.2, 0.25) is 0 Å². The van der Waals surface area contributed by atoms with Gasteiger partial charge in [0.25, 0.3) is 10.0 Å². The average molecular weight is 416 g/mol. The number of benzene rings is 1. The SMILES string of the molecule is Cn1cnc(S(=O)(=O)N2CC(NCCCC(F)(F)F)C(c3ccccc3)C2)c1. The van der Waals surface area contributed by atoms with Crippen molar-refractivity contribution in [2.45, 2.75) is 36.0 Å². The number of halogens is 3. The summed E-state index contributed by atoms with van der Waals surface area (Å²) in [5.41, 5.74) is 0.953. The smallest absolute Gasteiger partial charge is 0.339 e. The van der Waals surface area contributed by atoms with Gasteiger partial charge in [-0.05, 0) is 18.5 Å². The fourth-order valence-electron chi connectivity index (χ4n) is 3.44. The Morgan fingerprint density at radius 2 is 1.93 bits per heavy atom. The summed E-state index contributed by atoms with van der Waals surface area (Å²) in [6.45, 7) is 0.606. The summed E-state index contributed by atoms with van der Waals surface area (Å²) in [6, 6.07) is 9.15. The van der Waals surface area contributed by atoms with Gasteiger partial charge in [0.15, 0.2) is 5.03 Å². The van der Waals surface area contributed by atoms with Crippen LogP contribution in [0.4, 0.5) is 13.2 Å². The standard InChI is InChI=1S/C18H23F3N4O2S/c1-24-12-17(23-13-24)28(26,27)25-10-15(14-6-3-2-4-7-14)16(11-25)22-9-5-8-18(19,20)21/h2-4,6-7,12-13,15-16,22H,5,8-11H2,1H3. The molecule has 1 aromatic carbocycles. The predicted octanol–water partition coefficient (Wildman–Crippen LogP) is 2.51. The summed E-state index contributed by atoms with van der Waals surface area (Å²) in [7, 11) is -2.08. The second-order valence-electron chi connectivity index (χ2n) is 7.00. The third kappa shape index (κ3) is 4.92. The number of sulfonamides is 1. The van der Waals surface area contributed by atoms with Crippen molar-refractivity contribution in [2.24, 2.45) is 7.05 Å². The van der Waals surface area contributed by atoms with Gasteiger partial charge in [-0.1, -0.05) is 30.3 Å². The Labute approximate surface area is 162 Å². The van der Waals surface area contributed by atoms with E-state index in [-0.39, 0.29) is 43.0 Å². The Morgan fingerprint density at radius 1 is 1.21 bits per heavy atom. The summed E-state index contributed by atoms with van der Waals surface area (Å²) in [4.78, 5) is 3.95. The van der Waals surface area contributed by atoms with Crippen molar-refractivity contribution in [1.29, 1.82) is 0 Å². The van der Waals surface area contributed by atoms with Gasteiger partial charge in [-0.15, -0.1) is 0 Å². The first-order valence-electron chi connectivity index (χ1n) is 9.00. The Kier molecular flexibility index (Phi) is 6.11. The predicted molar refractivity (Wildman–Crippen MR) is 98.2 cm³/mol. The van der Waals surface area contributed by atoms with Crippen LogP contribution in [0.15, 0.2) is 47.9 Å². The molecule has 0 saturated carbocycles. The van der Waals surface area contributed by atoms with Gasteiger partial charge in [0.1, 0.15) is 0 Å². The van der Waals surface area contributed by atoms with E-state index < -0.39 is 22.6 Å². The summed E-state index contributed by atoms with van der Waals surface area (Å²) in [6.07, 6.45) is -2.24. The number of imidazole rings is 1. The molecule has 0 bridgehead atoms. The largest absolute Gasteiger partial charge is 0.389 e. The van der Waals surface area contributed by atoms with Crippen LogP contribution in [0.1, 0.15) is 24.3 Å². The van der Waals surface area contributed by atoms with E-state index in [0.717, 1.165) is 5.56 Å². The average Bonchev–Trinajstić information content (AvgIpc) is 3.26. The third-order valence-electron chi connectivity index (χ3n) is 4.84. The molecule has 10 heteroatoms. The maximum absolute atomic E-state index is 12.9. The minimum absolute atomic E-state index is 0.0282. The molecule has 1 aliphatic rings. The van der Waals surface area contributed by atoms with Crippen LogP contribution < -0.4 is 5.32 Å². The monoisotopic (exact) mass is 416 g/mol. The zero-order valence-corrected chi connectivity index (χ0v) is 16.2. The van der Waals surface area contributed by atoms with Gasteiger partial charge in [0.05, 0.1) is 6.33 Å². The molecule has 1 saturated heterocycles. The lowest BCUT2D eigenvalue weighted by atomic mass is 9.94. The zero-order valence-electron chi connectivity index (χ0n) is 15.4. The molecule has 3 rings (SSSR count). The van der Waals surface area contributed by atoms with Crippen molar-refractivity contribution in [3.05, 3.63) is 48.4 Å². The molecule has 2 aromatic rings. The van der Waals surface area contributed by atoms with Gasteiger partial charge in [0, 0.05) is 44.7 Å². The summed E-state index contributed by atoms with van der Waals surface area (Å²) < 4.78 is 65.9. The number of nitrogens with zero attached hydrogens (tertiary/aromatic N) is 3. The fourth-order valence-corrected chi connectivity index (χ4v) is 4.90. The molecule has 1 aliphatic heterocycles. The van der Waals surface area contributed by atoms with Gasteiger partial charge < -0.3 is 9.88 Å². The van der Waals surface area contributed by atoms with E-state index in [1.54, 1.807) is 11.6 Å². The summed E-state index contributed by atoms with van der Waals surface area (Å²) in [5, 5.41) is 3.10. The maximum atomic E-state index is 12.9. The zero-order chi connectivity index (χ0) is 20.4. The molecule has 0 aliphatic carbocycles. The summed E-state index contributed by atoms with van der Waals surface area (Å²) >= 11 is 0. The Hall–Kier alpha value is -1.91. The highest BCUT2D eigenvalue weighted by molar-refractivity contribution is 7.89. The maximum Gasteiger partial charge on any atom is 0.389 e. The van der Waals surface area contributed by atoms with E-state index in [4.69, 9.17) is 0 Å². The van der Waals surface area contributed by atoms with Crippen LogP contribution in [-0.2, 0) is 17.1 Å². The molecule has 1 fully saturated rings. The number of aromatic nitrogens is 2. The Bertz CT molecular complexity index is 884. The van der Waals surface area contributed by atoms with Crippen LogP contribution in [0.3, 0.4) is 0 Å². The Balaban J connectivity index is 1.75. The van der Waals surface area contributed by atoms with Crippen LogP contribution in [0.25, 0.3) is 0 Å².